The van der Waals surface area contributed by atoms with Crippen molar-refractivity contribution in [2.75, 3.05) is 0 Å². The average Bonchev–Trinajstić information content (AvgIpc) is 2.48. The van der Waals surface area contributed by atoms with Gasteiger partial charge in [0.25, 0.3) is 0 Å². The van der Waals surface area contributed by atoms with Crippen molar-refractivity contribution < 1.29 is 0 Å². The van der Waals surface area contributed by atoms with Crippen molar-refractivity contribution in [3.8, 4) is 0 Å². The third-order valence-electron chi connectivity index (χ3n) is 3.75. The molecule has 110 valence electrons. The SMILES string of the molecule is CC(NC(=NC1CCCCC1)NN)c1ccc(Br)cc1. The number of nitrogens with one attached hydrogen (secondary N) is 2. The van der Waals surface area contributed by atoms with E-state index in [4.69, 9.17) is 10.8 Å². The molecule has 0 amide bonds. The molecule has 1 unspecified atom stereocenters. The highest BCUT2D eigenvalue weighted by atomic mass is 79.9. The number of nitrogens with zero attached hydrogens (tertiary/aromatic N) is 1. The minimum Gasteiger partial charge on any atom is -0.349 e. The molecule has 2 rings (SSSR count). The lowest BCUT2D eigenvalue weighted by Crippen LogP contribution is -2.43. The Hall–Kier alpha value is -1.07. The molecule has 4 nitrogen and oxygen atoms in total. The molecule has 0 radical (unpaired) electrons. The molecule has 0 heterocycles. The highest BCUT2D eigenvalue weighted by molar-refractivity contribution is 9.10. The van der Waals surface area contributed by atoms with Gasteiger partial charge in [-0.1, -0.05) is 47.3 Å². The van der Waals surface area contributed by atoms with Gasteiger partial charge in [0.05, 0.1) is 12.1 Å². The number of hydrogen-bond donors (Lipinski definition) is 3. The van der Waals surface area contributed by atoms with Crippen LogP contribution < -0.4 is 16.6 Å². The zero-order chi connectivity index (χ0) is 14.4. The quantitative estimate of drug-likeness (QED) is 0.343. The first kappa shape index (κ1) is 15.3. The van der Waals surface area contributed by atoms with E-state index in [1.807, 2.05) is 12.1 Å². The van der Waals surface area contributed by atoms with Crippen molar-refractivity contribution in [1.29, 1.82) is 0 Å². The zero-order valence-electron chi connectivity index (χ0n) is 11.9. The molecule has 1 saturated carbocycles. The Kier molecular flexibility index (Phi) is 5.86. The number of aliphatic imine (C=N–C) groups is 1. The normalized spacial score (nSPS) is 18.6. The van der Waals surface area contributed by atoms with Crippen LogP contribution in [0.4, 0.5) is 0 Å². The Bertz CT molecular complexity index is 438. The first-order chi connectivity index (χ1) is 9.69. The predicted molar refractivity (Wildman–Crippen MR) is 87.3 cm³/mol. The Labute approximate surface area is 129 Å². The van der Waals surface area contributed by atoms with Crippen LogP contribution in [0.15, 0.2) is 33.7 Å². The molecule has 20 heavy (non-hydrogen) atoms. The molecule has 1 atom stereocenters. The Morgan fingerprint density at radius 3 is 2.50 bits per heavy atom. The molecular formula is C15H23BrN4. The first-order valence-corrected chi connectivity index (χ1v) is 8.05. The second-order valence-corrected chi connectivity index (χ2v) is 6.25. The van der Waals surface area contributed by atoms with Gasteiger partial charge >= 0.3 is 0 Å². The summed E-state index contributed by atoms with van der Waals surface area (Å²) < 4.78 is 1.08. The number of guanidine groups is 1. The van der Waals surface area contributed by atoms with E-state index in [9.17, 15) is 0 Å². The van der Waals surface area contributed by atoms with E-state index in [2.05, 4.69) is 45.7 Å². The average molecular weight is 339 g/mol. The van der Waals surface area contributed by atoms with Crippen LogP contribution in [0.1, 0.15) is 50.6 Å². The lowest BCUT2D eigenvalue weighted by Gasteiger charge is -2.22. The van der Waals surface area contributed by atoms with Crippen molar-refractivity contribution in [3.05, 3.63) is 34.3 Å². The van der Waals surface area contributed by atoms with Crippen LogP contribution in [0.25, 0.3) is 0 Å². The number of benzene rings is 1. The van der Waals surface area contributed by atoms with Gasteiger partial charge in [-0.3, -0.25) is 5.43 Å². The molecule has 0 saturated heterocycles. The van der Waals surface area contributed by atoms with Crippen LogP contribution in [0.5, 0.6) is 0 Å². The predicted octanol–water partition coefficient (Wildman–Crippen LogP) is 3.25. The summed E-state index contributed by atoms with van der Waals surface area (Å²) in [4.78, 5) is 4.70. The lowest BCUT2D eigenvalue weighted by atomic mass is 9.96. The Balaban J connectivity index is 1.97. The van der Waals surface area contributed by atoms with Gasteiger partial charge in [-0.2, -0.15) is 0 Å². The number of rotatable bonds is 3. The van der Waals surface area contributed by atoms with Gasteiger partial charge in [0, 0.05) is 4.47 Å². The van der Waals surface area contributed by atoms with Gasteiger partial charge in [-0.25, -0.2) is 10.8 Å². The fourth-order valence-corrected chi connectivity index (χ4v) is 2.81. The van der Waals surface area contributed by atoms with Crippen LogP contribution in [0.2, 0.25) is 0 Å². The van der Waals surface area contributed by atoms with Gasteiger partial charge < -0.3 is 5.32 Å². The van der Waals surface area contributed by atoms with Crippen molar-refractivity contribution >= 4 is 21.9 Å². The van der Waals surface area contributed by atoms with Crippen LogP contribution in [-0.4, -0.2) is 12.0 Å². The van der Waals surface area contributed by atoms with Gasteiger partial charge in [-0.15, -0.1) is 0 Å². The molecule has 1 aromatic carbocycles. The van der Waals surface area contributed by atoms with Crippen molar-refractivity contribution in [2.45, 2.75) is 51.1 Å². The molecule has 0 aliphatic heterocycles. The number of hydrazine groups is 1. The Morgan fingerprint density at radius 2 is 1.90 bits per heavy atom. The van der Waals surface area contributed by atoms with E-state index in [0.717, 1.165) is 4.47 Å². The molecule has 1 aliphatic rings. The van der Waals surface area contributed by atoms with Crippen LogP contribution in [0, 0.1) is 0 Å². The molecular weight excluding hydrogens is 316 g/mol. The lowest BCUT2D eigenvalue weighted by molar-refractivity contribution is 0.440. The van der Waals surface area contributed by atoms with Crippen LogP contribution in [0.3, 0.4) is 0 Å². The largest absolute Gasteiger partial charge is 0.349 e. The minimum atomic E-state index is 0.168. The van der Waals surface area contributed by atoms with Gasteiger partial charge in [0.2, 0.25) is 5.96 Å². The highest BCUT2D eigenvalue weighted by Crippen LogP contribution is 2.20. The second-order valence-electron chi connectivity index (χ2n) is 5.33. The van der Waals surface area contributed by atoms with E-state index in [1.54, 1.807) is 0 Å². The van der Waals surface area contributed by atoms with Crippen LogP contribution >= 0.6 is 15.9 Å². The summed E-state index contributed by atoms with van der Waals surface area (Å²) in [5, 5.41) is 3.35. The summed E-state index contributed by atoms with van der Waals surface area (Å²) in [7, 11) is 0. The van der Waals surface area contributed by atoms with Crippen molar-refractivity contribution in [2.24, 2.45) is 10.8 Å². The summed E-state index contributed by atoms with van der Waals surface area (Å²) in [6.45, 7) is 2.11. The number of halogens is 1. The summed E-state index contributed by atoms with van der Waals surface area (Å²) in [6.07, 6.45) is 6.21. The summed E-state index contributed by atoms with van der Waals surface area (Å²) in [5.74, 6) is 6.28. The second kappa shape index (κ2) is 7.64. The standard InChI is InChI=1S/C15H23BrN4/c1-11(12-7-9-13(16)10-8-12)18-15(20-17)19-14-5-3-2-4-6-14/h7-11,14H,2-6,17H2,1H3,(H2,18,19,20). The zero-order valence-corrected chi connectivity index (χ0v) is 13.5. The maximum Gasteiger partial charge on any atom is 0.206 e. The van der Waals surface area contributed by atoms with E-state index in [0.29, 0.717) is 12.0 Å². The molecule has 0 spiro atoms. The Morgan fingerprint density at radius 1 is 1.25 bits per heavy atom. The van der Waals surface area contributed by atoms with E-state index in [1.165, 1.54) is 37.7 Å². The van der Waals surface area contributed by atoms with E-state index < -0.39 is 0 Å². The molecule has 5 heteroatoms. The van der Waals surface area contributed by atoms with E-state index in [-0.39, 0.29) is 6.04 Å². The summed E-state index contributed by atoms with van der Waals surface area (Å²) in [5.41, 5.74) is 3.90. The van der Waals surface area contributed by atoms with Gasteiger partial charge in [0.15, 0.2) is 0 Å². The smallest absolute Gasteiger partial charge is 0.206 e. The highest BCUT2D eigenvalue weighted by Gasteiger charge is 2.14. The summed E-state index contributed by atoms with van der Waals surface area (Å²) >= 11 is 3.45. The maximum absolute atomic E-state index is 5.59. The minimum absolute atomic E-state index is 0.168. The molecule has 1 aromatic rings. The number of nitrogens with two attached hydrogens (primary N) is 1. The van der Waals surface area contributed by atoms with Crippen LogP contribution in [-0.2, 0) is 0 Å². The fraction of sp³-hybridized carbons (Fsp3) is 0.533. The molecule has 0 aromatic heterocycles. The third kappa shape index (κ3) is 4.49. The molecule has 1 aliphatic carbocycles. The molecule has 0 bridgehead atoms. The third-order valence-corrected chi connectivity index (χ3v) is 4.27. The maximum atomic E-state index is 5.59. The van der Waals surface area contributed by atoms with Crippen molar-refractivity contribution in [1.82, 2.24) is 10.7 Å². The fourth-order valence-electron chi connectivity index (χ4n) is 2.55. The van der Waals surface area contributed by atoms with E-state index >= 15 is 0 Å². The first-order valence-electron chi connectivity index (χ1n) is 7.25. The topological polar surface area (TPSA) is 62.4 Å². The van der Waals surface area contributed by atoms with Gasteiger partial charge in [-0.05, 0) is 37.5 Å². The number of hydrogen-bond acceptors (Lipinski definition) is 2. The summed E-state index contributed by atoms with van der Waals surface area (Å²) in [6, 6.07) is 8.84. The monoisotopic (exact) mass is 338 g/mol. The molecule has 4 N–H and O–H groups in total. The van der Waals surface area contributed by atoms with Gasteiger partial charge in [0.1, 0.15) is 0 Å². The molecule has 1 fully saturated rings. The van der Waals surface area contributed by atoms with Crippen molar-refractivity contribution in [3.63, 3.8) is 0 Å².